The Hall–Kier alpha value is -0.200. The molecular weight excluding hydrogens is 252 g/mol. The van der Waals surface area contributed by atoms with Crippen LogP contribution in [0.25, 0.3) is 0 Å². The minimum absolute atomic E-state index is 0.377. The van der Waals surface area contributed by atoms with E-state index in [-0.39, 0.29) is 0 Å². The van der Waals surface area contributed by atoms with Crippen LogP contribution in [0.3, 0.4) is 0 Å². The number of hydrogen-bond acceptors (Lipinski definition) is 5. The van der Waals surface area contributed by atoms with Gasteiger partial charge in [0.1, 0.15) is 0 Å². The van der Waals surface area contributed by atoms with Gasteiger partial charge in [0.15, 0.2) is 0 Å². The lowest BCUT2D eigenvalue weighted by atomic mass is 9.95. The Morgan fingerprint density at radius 1 is 1.10 bits per heavy atom. The molecule has 3 N–H and O–H groups in total. The predicted octanol–water partition coefficient (Wildman–Crippen LogP) is 0.0456. The van der Waals surface area contributed by atoms with Crippen LogP contribution in [0.15, 0.2) is 0 Å². The Labute approximate surface area is 124 Å². The highest BCUT2D eigenvalue weighted by atomic mass is 16.3. The van der Waals surface area contributed by atoms with Crippen LogP contribution in [0.4, 0.5) is 0 Å². The highest BCUT2D eigenvalue weighted by Gasteiger charge is 2.23. The molecule has 1 saturated heterocycles. The number of rotatable bonds is 9. The molecule has 1 aliphatic rings. The molecule has 0 bridgehead atoms. The maximum Gasteiger partial charge on any atom is 0.0767 e. The summed E-state index contributed by atoms with van der Waals surface area (Å²) in [7, 11) is 4.26. The van der Waals surface area contributed by atoms with E-state index in [2.05, 4.69) is 28.8 Å². The summed E-state index contributed by atoms with van der Waals surface area (Å²) in [4.78, 5) is 7.29. The lowest BCUT2D eigenvalue weighted by molar-refractivity contribution is 0.0295. The molecule has 5 heteroatoms. The van der Waals surface area contributed by atoms with Gasteiger partial charge in [0.25, 0.3) is 0 Å². The number of likely N-dealkylation sites (N-methyl/N-ethyl adjacent to an activating group) is 1. The van der Waals surface area contributed by atoms with Gasteiger partial charge in [-0.05, 0) is 39.9 Å². The number of piperazine rings is 1. The van der Waals surface area contributed by atoms with Crippen LogP contribution >= 0.6 is 0 Å². The number of nitrogens with two attached hydrogens (primary N) is 1. The molecule has 0 aromatic carbocycles. The van der Waals surface area contributed by atoms with Crippen molar-refractivity contribution in [3.8, 4) is 0 Å². The summed E-state index contributed by atoms with van der Waals surface area (Å²) in [6, 6.07) is 0. The first-order valence-electron chi connectivity index (χ1n) is 8.01. The summed E-state index contributed by atoms with van der Waals surface area (Å²) >= 11 is 0. The molecule has 1 unspecified atom stereocenters. The predicted molar refractivity (Wildman–Crippen MR) is 85.0 cm³/mol. The zero-order valence-electron chi connectivity index (χ0n) is 13.6. The molecule has 0 saturated carbocycles. The normalized spacial score (nSPS) is 21.3. The molecule has 1 heterocycles. The first-order valence-corrected chi connectivity index (χ1v) is 8.01. The molecule has 120 valence electrons. The van der Waals surface area contributed by atoms with Gasteiger partial charge in [-0.25, -0.2) is 0 Å². The van der Waals surface area contributed by atoms with E-state index in [4.69, 9.17) is 5.73 Å². The van der Waals surface area contributed by atoms with Crippen LogP contribution in [0, 0.1) is 0 Å². The molecule has 20 heavy (non-hydrogen) atoms. The zero-order chi connectivity index (χ0) is 15.0. The highest BCUT2D eigenvalue weighted by molar-refractivity contribution is 4.79. The van der Waals surface area contributed by atoms with Crippen LogP contribution in [-0.4, -0.2) is 91.9 Å². The van der Waals surface area contributed by atoms with Crippen LogP contribution in [0.1, 0.15) is 26.2 Å². The lowest BCUT2D eigenvalue weighted by Gasteiger charge is -2.35. The molecule has 0 aliphatic carbocycles. The molecule has 0 aromatic heterocycles. The summed E-state index contributed by atoms with van der Waals surface area (Å²) in [6.45, 7) is 10.4. The van der Waals surface area contributed by atoms with Gasteiger partial charge in [0.05, 0.1) is 5.60 Å². The van der Waals surface area contributed by atoms with Gasteiger partial charge in [0, 0.05) is 45.8 Å². The van der Waals surface area contributed by atoms with Gasteiger partial charge < -0.3 is 20.6 Å². The van der Waals surface area contributed by atoms with Crippen molar-refractivity contribution in [2.75, 3.05) is 66.5 Å². The third kappa shape index (κ3) is 6.50. The van der Waals surface area contributed by atoms with Crippen LogP contribution in [-0.2, 0) is 0 Å². The first-order chi connectivity index (χ1) is 9.49. The number of aliphatic hydroxyl groups is 1. The second-order valence-corrected chi connectivity index (χ2v) is 6.37. The summed E-state index contributed by atoms with van der Waals surface area (Å²) in [5.41, 5.74) is 4.99. The summed E-state index contributed by atoms with van der Waals surface area (Å²) in [5.74, 6) is 0. The average molecular weight is 286 g/mol. The molecular formula is C15H34N4O. The molecule has 1 aliphatic heterocycles. The minimum Gasteiger partial charge on any atom is -0.389 e. The molecule has 0 radical (unpaired) electrons. The van der Waals surface area contributed by atoms with Crippen LogP contribution < -0.4 is 5.73 Å². The van der Waals surface area contributed by atoms with Crippen molar-refractivity contribution >= 4 is 0 Å². The third-order valence-electron chi connectivity index (χ3n) is 4.48. The van der Waals surface area contributed by atoms with Crippen molar-refractivity contribution in [3.63, 3.8) is 0 Å². The van der Waals surface area contributed by atoms with E-state index in [1.54, 1.807) is 0 Å². The number of nitrogens with zero attached hydrogens (tertiary/aromatic N) is 3. The highest BCUT2D eigenvalue weighted by Crippen LogP contribution is 2.16. The quantitative estimate of drug-likeness (QED) is 0.627. The molecule has 0 spiro atoms. The Kier molecular flexibility index (Phi) is 7.99. The first kappa shape index (κ1) is 17.9. The van der Waals surface area contributed by atoms with E-state index < -0.39 is 5.60 Å². The molecule has 1 atom stereocenters. The van der Waals surface area contributed by atoms with E-state index in [0.29, 0.717) is 6.54 Å². The SMILES string of the molecule is CCC(O)(CN)CCCN1CCN(CCN(C)C)CC1. The third-order valence-corrected chi connectivity index (χ3v) is 4.48. The van der Waals surface area contributed by atoms with E-state index >= 15 is 0 Å². The zero-order valence-corrected chi connectivity index (χ0v) is 13.6. The van der Waals surface area contributed by atoms with Crippen LogP contribution in [0.5, 0.6) is 0 Å². The maximum atomic E-state index is 10.2. The fourth-order valence-corrected chi connectivity index (χ4v) is 2.63. The Bertz CT molecular complexity index is 248. The molecule has 0 amide bonds. The van der Waals surface area contributed by atoms with Crippen LogP contribution in [0.2, 0.25) is 0 Å². The summed E-state index contributed by atoms with van der Waals surface area (Å²) < 4.78 is 0. The van der Waals surface area contributed by atoms with Gasteiger partial charge in [-0.1, -0.05) is 6.92 Å². The van der Waals surface area contributed by atoms with E-state index in [0.717, 1.165) is 45.4 Å². The van der Waals surface area contributed by atoms with Crippen molar-refractivity contribution in [3.05, 3.63) is 0 Å². The Morgan fingerprint density at radius 2 is 1.65 bits per heavy atom. The van der Waals surface area contributed by atoms with E-state index in [1.165, 1.54) is 19.6 Å². The average Bonchev–Trinajstić information content (AvgIpc) is 2.46. The molecule has 0 aromatic rings. The monoisotopic (exact) mass is 286 g/mol. The van der Waals surface area contributed by atoms with Gasteiger partial charge in [-0.15, -0.1) is 0 Å². The molecule has 1 fully saturated rings. The fourth-order valence-electron chi connectivity index (χ4n) is 2.63. The van der Waals surface area contributed by atoms with Gasteiger partial charge in [-0.2, -0.15) is 0 Å². The topological polar surface area (TPSA) is 56.0 Å². The Morgan fingerprint density at radius 3 is 2.10 bits per heavy atom. The van der Waals surface area contributed by atoms with Crippen molar-refractivity contribution < 1.29 is 5.11 Å². The van der Waals surface area contributed by atoms with Gasteiger partial charge >= 0.3 is 0 Å². The van der Waals surface area contributed by atoms with E-state index in [9.17, 15) is 5.11 Å². The molecule has 5 nitrogen and oxygen atoms in total. The summed E-state index contributed by atoms with van der Waals surface area (Å²) in [6.07, 6.45) is 2.61. The maximum absolute atomic E-state index is 10.2. The smallest absolute Gasteiger partial charge is 0.0767 e. The Balaban J connectivity index is 2.13. The van der Waals surface area contributed by atoms with E-state index in [1.807, 2.05) is 6.92 Å². The fraction of sp³-hybridized carbons (Fsp3) is 1.00. The van der Waals surface area contributed by atoms with Crippen molar-refractivity contribution in [2.45, 2.75) is 31.8 Å². The van der Waals surface area contributed by atoms with Crippen molar-refractivity contribution in [1.29, 1.82) is 0 Å². The molecule has 1 rings (SSSR count). The van der Waals surface area contributed by atoms with Crippen molar-refractivity contribution in [1.82, 2.24) is 14.7 Å². The van der Waals surface area contributed by atoms with Crippen molar-refractivity contribution in [2.24, 2.45) is 5.73 Å². The number of hydrogen-bond donors (Lipinski definition) is 2. The lowest BCUT2D eigenvalue weighted by Crippen LogP contribution is -2.48. The standard InChI is InChI=1S/C15H34N4O/c1-4-15(20,14-16)6-5-7-18-10-12-19(13-11-18)9-8-17(2)3/h20H,4-14,16H2,1-3H3. The second-order valence-electron chi connectivity index (χ2n) is 6.37. The minimum atomic E-state index is -0.645. The van der Waals surface area contributed by atoms with Gasteiger partial charge in [-0.3, -0.25) is 4.90 Å². The van der Waals surface area contributed by atoms with Gasteiger partial charge in [0.2, 0.25) is 0 Å². The largest absolute Gasteiger partial charge is 0.389 e. The summed E-state index contributed by atoms with van der Waals surface area (Å²) in [5, 5.41) is 10.2. The second kappa shape index (κ2) is 8.95.